The molecule has 2 aromatic rings. The van der Waals surface area contributed by atoms with Gasteiger partial charge in [0.25, 0.3) is 5.91 Å². The third kappa shape index (κ3) is 4.50. The van der Waals surface area contributed by atoms with E-state index in [1.807, 2.05) is 0 Å². The summed E-state index contributed by atoms with van der Waals surface area (Å²) in [6, 6.07) is 12.5. The van der Waals surface area contributed by atoms with Crippen LogP contribution in [0.2, 0.25) is 0 Å². The van der Waals surface area contributed by atoms with Crippen molar-refractivity contribution in [2.45, 2.75) is 11.8 Å². The average Bonchev–Trinajstić information content (AvgIpc) is 2.95. The number of thioether (sulfide) groups is 1. The summed E-state index contributed by atoms with van der Waals surface area (Å²) in [5, 5.41) is 0.185. The van der Waals surface area contributed by atoms with Gasteiger partial charge in [-0.1, -0.05) is 24.3 Å². The van der Waals surface area contributed by atoms with Crippen molar-refractivity contribution < 1.29 is 22.1 Å². The Hall–Kier alpha value is -2.78. The molecule has 0 aromatic heterocycles. The lowest BCUT2D eigenvalue weighted by Crippen LogP contribution is -2.10. The fraction of sp³-hybridized carbons (Fsp3) is 0.111. The van der Waals surface area contributed by atoms with Gasteiger partial charge in [-0.3, -0.25) is 4.79 Å². The van der Waals surface area contributed by atoms with Gasteiger partial charge in [-0.15, -0.1) is 0 Å². The average molecular weight is 404 g/mol. The summed E-state index contributed by atoms with van der Waals surface area (Å²) in [6.45, 7) is 2.08. The number of hydrogen-bond acceptors (Lipinski definition) is 7. The minimum atomic E-state index is -3.99. The molecule has 0 bridgehead atoms. The van der Waals surface area contributed by atoms with Crippen LogP contribution in [0.5, 0.6) is 11.5 Å². The van der Waals surface area contributed by atoms with E-state index in [1.165, 1.54) is 18.2 Å². The van der Waals surface area contributed by atoms with Gasteiger partial charge in [-0.05, 0) is 54.6 Å². The van der Waals surface area contributed by atoms with E-state index < -0.39 is 16.0 Å². The van der Waals surface area contributed by atoms with Crippen molar-refractivity contribution in [3.05, 3.63) is 59.0 Å². The summed E-state index contributed by atoms with van der Waals surface area (Å²) in [6.07, 6.45) is 1.61. The summed E-state index contributed by atoms with van der Waals surface area (Å²) in [5.74, 6) is -0.109. The van der Waals surface area contributed by atoms with Crippen molar-refractivity contribution >= 4 is 39.0 Å². The first kappa shape index (κ1) is 19.0. The Kier molecular flexibility index (Phi) is 5.52. The molecular formula is C18H16N2O5S2. The molecule has 0 unspecified atom stereocenters. The Balaban J connectivity index is 1.91. The van der Waals surface area contributed by atoms with Crippen molar-refractivity contribution in [2.75, 3.05) is 6.61 Å². The van der Waals surface area contributed by atoms with Crippen molar-refractivity contribution in [1.29, 1.82) is 0 Å². The topological polar surface area (TPSA) is 108 Å². The lowest BCUT2D eigenvalue weighted by Gasteiger charge is -2.12. The predicted octanol–water partition coefficient (Wildman–Crippen LogP) is 2.78. The molecule has 0 atom stereocenters. The molecule has 0 radical (unpaired) electrons. The highest BCUT2D eigenvalue weighted by atomic mass is 32.2. The van der Waals surface area contributed by atoms with Crippen molar-refractivity contribution in [2.24, 2.45) is 10.7 Å². The number of carbonyl (C=O) groups excluding carboxylic acids is 1. The van der Waals surface area contributed by atoms with Gasteiger partial charge in [0.15, 0.2) is 16.7 Å². The van der Waals surface area contributed by atoms with Crippen LogP contribution in [0.15, 0.2) is 63.3 Å². The maximum Gasteiger partial charge on any atom is 0.339 e. The van der Waals surface area contributed by atoms with Crippen LogP contribution in [-0.4, -0.2) is 26.1 Å². The zero-order valence-corrected chi connectivity index (χ0v) is 15.9. The molecule has 0 saturated heterocycles. The smallest absolute Gasteiger partial charge is 0.339 e. The standard InChI is InChI=1S/C18H16N2O5S2/c1-2-24-15-10-12(11-16-17(21)20-18(19)26-16)8-9-14(15)25-27(22,23)13-6-4-3-5-7-13/h3-11H,2H2,1H3,(H2,19,20,21)/b16-11-. The number of amidine groups is 1. The largest absolute Gasteiger partial charge is 0.490 e. The molecule has 7 nitrogen and oxygen atoms in total. The predicted molar refractivity (Wildman–Crippen MR) is 104 cm³/mol. The first-order chi connectivity index (χ1) is 12.9. The fourth-order valence-electron chi connectivity index (χ4n) is 2.28. The fourth-order valence-corrected chi connectivity index (χ4v) is 3.92. The molecule has 0 saturated carbocycles. The van der Waals surface area contributed by atoms with Crippen LogP contribution < -0.4 is 14.7 Å². The quantitative estimate of drug-likeness (QED) is 0.582. The minimum absolute atomic E-state index is 0.0409. The van der Waals surface area contributed by atoms with Gasteiger partial charge in [0.2, 0.25) is 0 Å². The van der Waals surface area contributed by atoms with E-state index in [4.69, 9.17) is 14.7 Å². The molecule has 2 aromatic carbocycles. The maximum absolute atomic E-state index is 12.4. The van der Waals surface area contributed by atoms with Gasteiger partial charge in [0.1, 0.15) is 4.90 Å². The molecule has 0 aliphatic carbocycles. The molecule has 0 spiro atoms. The monoisotopic (exact) mass is 404 g/mol. The molecule has 2 N–H and O–H groups in total. The van der Waals surface area contributed by atoms with Crippen LogP contribution in [0.1, 0.15) is 12.5 Å². The second-order valence-electron chi connectivity index (χ2n) is 5.36. The third-order valence-corrected chi connectivity index (χ3v) is 5.50. The molecule has 3 rings (SSSR count). The van der Waals surface area contributed by atoms with Crippen molar-refractivity contribution in [3.8, 4) is 11.5 Å². The number of benzene rings is 2. The van der Waals surface area contributed by atoms with Crippen LogP contribution in [-0.2, 0) is 14.9 Å². The van der Waals surface area contributed by atoms with Crippen LogP contribution in [0.3, 0.4) is 0 Å². The first-order valence-electron chi connectivity index (χ1n) is 7.93. The van der Waals surface area contributed by atoms with E-state index in [0.717, 1.165) is 11.8 Å². The van der Waals surface area contributed by atoms with Gasteiger partial charge in [0, 0.05) is 0 Å². The molecule has 1 aliphatic rings. The molecule has 140 valence electrons. The third-order valence-electron chi connectivity index (χ3n) is 3.43. The van der Waals surface area contributed by atoms with Crippen molar-refractivity contribution in [3.63, 3.8) is 0 Å². The van der Waals surface area contributed by atoms with Crippen molar-refractivity contribution in [1.82, 2.24) is 0 Å². The summed E-state index contributed by atoms with van der Waals surface area (Å²) in [5.41, 5.74) is 6.16. The molecule has 1 heterocycles. The summed E-state index contributed by atoms with van der Waals surface area (Å²) < 4.78 is 35.6. The number of carbonyl (C=O) groups is 1. The Morgan fingerprint density at radius 1 is 1.15 bits per heavy atom. The second-order valence-corrected chi connectivity index (χ2v) is 7.96. The molecule has 1 amide bonds. The molecular weight excluding hydrogens is 388 g/mol. The van der Waals surface area contributed by atoms with Gasteiger partial charge >= 0.3 is 10.1 Å². The highest BCUT2D eigenvalue weighted by Gasteiger charge is 2.21. The zero-order chi connectivity index (χ0) is 19.4. The van der Waals surface area contributed by atoms with E-state index >= 15 is 0 Å². The lowest BCUT2D eigenvalue weighted by molar-refractivity contribution is -0.113. The molecule has 1 aliphatic heterocycles. The van der Waals surface area contributed by atoms with E-state index in [9.17, 15) is 13.2 Å². The first-order valence-corrected chi connectivity index (χ1v) is 10.2. The Morgan fingerprint density at radius 3 is 2.52 bits per heavy atom. The number of nitrogens with zero attached hydrogens (tertiary/aromatic N) is 1. The van der Waals surface area contributed by atoms with Gasteiger partial charge in [-0.2, -0.15) is 13.4 Å². The normalized spacial score (nSPS) is 15.7. The molecule has 27 heavy (non-hydrogen) atoms. The van der Waals surface area contributed by atoms with Crippen LogP contribution in [0, 0.1) is 0 Å². The number of aliphatic imine (C=N–C) groups is 1. The maximum atomic E-state index is 12.4. The van der Waals surface area contributed by atoms with Gasteiger partial charge in [-0.25, -0.2) is 0 Å². The Labute approximate surface area is 161 Å². The number of ether oxygens (including phenoxy) is 1. The summed E-state index contributed by atoms with van der Waals surface area (Å²) in [4.78, 5) is 15.8. The Bertz CT molecular complexity index is 1030. The van der Waals surface area contributed by atoms with E-state index in [1.54, 1.807) is 43.3 Å². The molecule has 0 fully saturated rings. The number of amides is 1. The van der Waals surface area contributed by atoms with Crippen LogP contribution in [0.4, 0.5) is 0 Å². The SMILES string of the molecule is CCOc1cc(/C=C2\SC(N)=NC2=O)ccc1OS(=O)(=O)c1ccccc1. The molecule has 9 heteroatoms. The van der Waals surface area contributed by atoms with E-state index in [-0.39, 0.29) is 21.6 Å². The number of rotatable bonds is 6. The van der Waals surface area contributed by atoms with Gasteiger partial charge < -0.3 is 14.7 Å². The van der Waals surface area contributed by atoms with E-state index in [2.05, 4.69) is 4.99 Å². The van der Waals surface area contributed by atoms with Crippen LogP contribution in [0.25, 0.3) is 6.08 Å². The summed E-state index contributed by atoms with van der Waals surface area (Å²) >= 11 is 1.07. The highest BCUT2D eigenvalue weighted by molar-refractivity contribution is 8.18. The Morgan fingerprint density at radius 2 is 1.89 bits per heavy atom. The van der Waals surface area contributed by atoms with E-state index in [0.29, 0.717) is 17.1 Å². The minimum Gasteiger partial charge on any atom is -0.490 e. The van der Waals surface area contributed by atoms with Crippen LogP contribution >= 0.6 is 11.8 Å². The summed E-state index contributed by atoms with van der Waals surface area (Å²) in [7, 11) is -3.99. The zero-order valence-electron chi connectivity index (χ0n) is 14.3. The second kappa shape index (κ2) is 7.85. The van der Waals surface area contributed by atoms with Gasteiger partial charge in [0.05, 0.1) is 11.5 Å². The number of hydrogen-bond donors (Lipinski definition) is 1. The highest BCUT2D eigenvalue weighted by Crippen LogP contribution is 2.33. The number of nitrogens with two attached hydrogens (primary N) is 1. The lowest BCUT2D eigenvalue weighted by atomic mass is 10.2.